The highest BCUT2D eigenvalue weighted by atomic mass is 19.1. The number of halogens is 1. The van der Waals surface area contributed by atoms with Gasteiger partial charge in [-0.15, -0.1) is 0 Å². The summed E-state index contributed by atoms with van der Waals surface area (Å²) in [5, 5.41) is 13.9. The maximum atomic E-state index is 13.0. The fraction of sp³-hybridized carbons (Fsp3) is 0.500. The molecule has 0 saturated heterocycles. The molecule has 0 unspecified atom stereocenters. The van der Waals surface area contributed by atoms with Crippen LogP contribution in [0.2, 0.25) is 0 Å². The van der Waals surface area contributed by atoms with Crippen LogP contribution in [0, 0.1) is 23.1 Å². The Balaban J connectivity index is 2.03. The largest absolute Gasteiger partial charge is 0.341 e. The lowest BCUT2D eigenvalue weighted by atomic mass is 9.84. The molecule has 6 heteroatoms. The fourth-order valence-corrected chi connectivity index (χ4v) is 3.08. The zero-order chi connectivity index (χ0) is 17.4. The molecule has 1 saturated carbocycles. The van der Waals surface area contributed by atoms with Crippen LogP contribution in [-0.4, -0.2) is 24.4 Å². The quantitative estimate of drug-likeness (QED) is 0.786. The normalized spacial score (nSPS) is 16.0. The second-order valence-electron chi connectivity index (χ2n) is 6.15. The Bertz CT molecular complexity index is 604. The van der Waals surface area contributed by atoms with Gasteiger partial charge in [0.2, 0.25) is 5.91 Å². The van der Waals surface area contributed by atoms with E-state index in [1.54, 1.807) is 0 Å². The molecule has 0 spiro atoms. The Morgan fingerprint density at radius 1 is 1.21 bits per heavy atom. The van der Waals surface area contributed by atoms with Gasteiger partial charge in [0, 0.05) is 5.56 Å². The highest BCUT2D eigenvalue weighted by Crippen LogP contribution is 2.27. The third-order valence-corrected chi connectivity index (χ3v) is 4.36. The molecule has 0 bridgehead atoms. The third-order valence-electron chi connectivity index (χ3n) is 4.36. The summed E-state index contributed by atoms with van der Waals surface area (Å²) in [5.74, 6) is -0.789. The van der Waals surface area contributed by atoms with Gasteiger partial charge in [-0.25, -0.2) is 4.39 Å². The van der Waals surface area contributed by atoms with E-state index in [9.17, 15) is 14.0 Å². The maximum absolute atomic E-state index is 13.0. The Kier molecular flexibility index (Phi) is 6.74. The first-order chi connectivity index (χ1) is 11.6. The fourth-order valence-electron chi connectivity index (χ4n) is 3.08. The topological polar surface area (TPSA) is 82.0 Å². The van der Waals surface area contributed by atoms with Crippen molar-refractivity contribution >= 4 is 11.8 Å². The highest BCUT2D eigenvalue weighted by Gasteiger charge is 2.26. The second kappa shape index (κ2) is 9.02. The minimum absolute atomic E-state index is 0.0909. The van der Waals surface area contributed by atoms with E-state index in [1.807, 2.05) is 6.07 Å². The van der Waals surface area contributed by atoms with Gasteiger partial charge in [0.1, 0.15) is 18.4 Å². The van der Waals surface area contributed by atoms with Crippen molar-refractivity contribution in [2.45, 2.75) is 44.6 Å². The Morgan fingerprint density at radius 2 is 1.88 bits per heavy atom. The van der Waals surface area contributed by atoms with E-state index in [2.05, 4.69) is 10.6 Å². The molecule has 1 aromatic rings. The highest BCUT2D eigenvalue weighted by molar-refractivity contribution is 5.97. The van der Waals surface area contributed by atoms with E-state index in [0.29, 0.717) is 17.9 Å². The maximum Gasteiger partial charge on any atom is 0.251 e. The lowest BCUT2D eigenvalue weighted by Gasteiger charge is -2.26. The van der Waals surface area contributed by atoms with Gasteiger partial charge < -0.3 is 10.6 Å². The van der Waals surface area contributed by atoms with Crippen LogP contribution in [0.1, 0.15) is 48.9 Å². The second-order valence-corrected chi connectivity index (χ2v) is 6.15. The monoisotopic (exact) mass is 331 g/mol. The van der Waals surface area contributed by atoms with Gasteiger partial charge in [0.25, 0.3) is 5.91 Å². The standard InChI is InChI=1S/C18H22FN3O2/c19-15-8-6-14(7-9-15)17(23)22-16(18(24)21-11-10-20)12-13-4-2-1-3-5-13/h6-9,13,16H,1-5,11-12H2,(H,21,24)(H,22,23)/t16-/m0/s1. The van der Waals surface area contributed by atoms with Crippen LogP contribution in [-0.2, 0) is 4.79 Å². The van der Waals surface area contributed by atoms with Gasteiger partial charge in [-0.2, -0.15) is 5.26 Å². The van der Waals surface area contributed by atoms with Gasteiger partial charge in [0.05, 0.1) is 6.07 Å². The molecule has 128 valence electrons. The van der Waals surface area contributed by atoms with Gasteiger partial charge in [-0.05, 0) is 36.6 Å². The van der Waals surface area contributed by atoms with Crippen LogP contribution in [0.25, 0.3) is 0 Å². The van der Waals surface area contributed by atoms with E-state index in [0.717, 1.165) is 25.7 Å². The number of benzene rings is 1. The van der Waals surface area contributed by atoms with Crippen LogP contribution >= 0.6 is 0 Å². The Labute approximate surface area is 141 Å². The first kappa shape index (κ1) is 17.9. The number of amides is 2. The molecule has 2 amide bonds. The van der Waals surface area contributed by atoms with E-state index >= 15 is 0 Å². The zero-order valence-electron chi connectivity index (χ0n) is 13.6. The van der Waals surface area contributed by atoms with Crippen LogP contribution in [0.4, 0.5) is 4.39 Å². The van der Waals surface area contributed by atoms with Crippen molar-refractivity contribution in [1.29, 1.82) is 5.26 Å². The van der Waals surface area contributed by atoms with Crippen LogP contribution in [0.3, 0.4) is 0 Å². The smallest absolute Gasteiger partial charge is 0.251 e. The molecule has 2 rings (SSSR count). The predicted molar refractivity (Wildman–Crippen MR) is 87.5 cm³/mol. The van der Waals surface area contributed by atoms with Crippen molar-refractivity contribution in [2.24, 2.45) is 5.92 Å². The molecule has 1 fully saturated rings. The average molecular weight is 331 g/mol. The summed E-state index contributed by atoms with van der Waals surface area (Å²) < 4.78 is 13.0. The number of rotatable bonds is 6. The predicted octanol–water partition coefficient (Wildman–Crippen LogP) is 2.53. The number of hydrogen-bond acceptors (Lipinski definition) is 3. The van der Waals surface area contributed by atoms with E-state index in [1.165, 1.54) is 30.7 Å². The molecule has 2 N–H and O–H groups in total. The molecule has 0 heterocycles. The Morgan fingerprint density at radius 3 is 2.50 bits per heavy atom. The molecule has 1 aliphatic carbocycles. The van der Waals surface area contributed by atoms with E-state index in [-0.39, 0.29) is 12.5 Å². The molecule has 24 heavy (non-hydrogen) atoms. The number of carbonyl (C=O) groups excluding carboxylic acids is 2. The minimum atomic E-state index is -0.681. The van der Waals surface area contributed by atoms with Crippen LogP contribution in [0.5, 0.6) is 0 Å². The minimum Gasteiger partial charge on any atom is -0.341 e. The molecule has 0 aliphatic heterocycles. The summed E-state index contributed by atoms with van der Waals surface area (Å²) in [6, 6.07) is 6.37. The van der Waals surface area contributed by atoms with Crippen molar-refractivity contribution < 1.29 is 14.0 Å². The number of carbonyl (C=O) groups is 2. The summed E-state index contributed by atoms with van der Waals surface area (Å²) in [6.07, 6.45) is 6.16. The molecule has 0 radical (unpaired) electrons. The molecule has 1 aromatic carbocycles. The summed E-state index contributed by atoms with van der Waals surface area (Å²) in [7, 11) is 0. The molecule has 5 nitrogen and oxygen atoms in total. The molecule has 1 aliphatic rings. The van der Waals surface area contributed by atoms with Crippen molar-refractivity contribution in [3.63, 3.8) is 0 Å². The summed E-state index contributed by atoms with van der Waals surface area (Å²) >= 11 is 0. The van der Waals surface area contributed by atoms with Crippen LogP contribution in [0.15, 0.2) is 24.3 Å². The van der Waals surface area contributed by atoms with Gasteiger partial charge in [-0.3, -0.25) is 9.59 Å². The van der Waals surface area contributed by atoms with Gasteiger partial charge in [-0.1, -0.05) is 32.1 Å². The first-order valence-electron chi connectivity index (χ1n) is 8.31. The average Bonchev–Trinajstić information content (AvgIpc) is 2.60. The Hall–Kier alpha value is -2.42. The molecule has 1 atom stereocenters. The van der Waals surface area contributed by atoms with Crippen molar-refractivity contribution in [1.82, 2.24) is 10.6 Å². The van der Waals surface area contributed by atoms with Crippen molar-refractivity contribution in [2.75, 3.05) is 6.54 Å². The summed E-state index contributed by atoms with van der Waals surface area (Å²) in [6.45, 7) is -0.0909. The zero-order valence-corrected chi connectivity index (χ0v) is 13.6. The third kappa shape index (κ3) is 5.34. The SMILES string of the molecule is N#CCNC(=O)[C@H](CC1CCCCC1)NC(=O)c1ccc(F)cc1. The molecular weight excluding hydrogens is 309 g/mol. The summed E-state index contributed by atoms with van der Waals surface area (Å²) in [4.78, 5) is 24.6. The number of nitrogens with zero attached hydrogens (tertiary/aromatic N) is 1. The van der Waals surface area contributed by atoms with Crippen LogP contribution < -0.4 is 10.6 Å². The van der Waals surface area contributed by atoms with Crippen molar-refractivity contribution in [3.8, 4) is 6.07 Å². The lowest BCUT2D eigenvalue weighted by Crippen LogP contribution is -2.48. The van der Waals surface area contributed by atoms with E-state index in [4.69, 9.17) is 5.26 Å². The number of hydrogen-bond donors (Lipinski definition) is 2. The lowest BCUT2D eigenvalue weighted by molar-refractivity contribution is -0.123. The summed E-state index contributed by atoms with van der Waals surface area (Å²) in [5.41, 5.74) is 0.304. The van der Waals surface area contributed by atoms with E-state index < -0.39 is 17.8 Å². The van der Waals surface area contributed by atoms with Gasteiger partial charge >= 0.3 is 0 Å². The number of nitrogens with one attached hydrogen (secondary N) is 2. The van der Waals surface area contributed by atoms with Gasteiger partial charge in [0.15, 0.2) is 0 Å². The van der Waals surface area contributed by atoms with Crippen molar-refractivity contribution in [3.05, 3.63) is 35.6 Å². The molecular formula is C18H22FN3O2. The first-order valence-corrected chi connectivity index (χ1v) is 8.31. The molecule has 0 aromatic heterocycles. The number of nitriles is 1.